The summed E-state index contributed by atoms with van der Waals surface area (Å²) >= 11 is 0. The number of benzene rings is 1. The van der Waals surface area contributed by atoms with E-state index in [2.05, 4.69) is 29.4 Å². The predicted molar refractivity (Wildman–Crippen MR) is 78.3 cm³/mol. The molecule has 0 saturated carbocycles. The maximum Gasteiger partial charge on any atom is 0.182 e. The number of nitrogens with zero attached hydrogens (tertiary/aromatic N) is 4. The lowest BCUT2D eigenvalue weighted by atomic mass is 10.1. The van der Waals surface area contributed by atoms with Crippen LogP contribution in [-0.4, -0.2) is 27.3 Å². The van der Waals surface area contributed by atoms with Crippen LogP contribution in [0, 0.1) is 5.92 Å². The van der Waals surface area contributed by atoms with Crippen LogP contribution in [0.25, 0.3) is 11.4 Å². The molecule has 2 rings (SSSR count). The van der Waals surface area contributed by atoms with E-state index in [-0.39, 0.29) is 0 Å². The molecule has 6 heteroatoms. The molecule has 0 aliphatic carbocycles. The van der Waals surface area contributed by atoms with Crippen molar-refractivity contribution in [2.45, 2.75) is 33.2 Å². The summed E-state index contributed by atoms with van der Waals surface area (Å²) in [5.74, 6) is 2.11. The zero-order valence-corrected chi connectivity index (χ0v) is 12.2. The molecule has 20 heavy (non-hydrogen) atoms. The first kappa shape index (κ1) is 14.3. The topological polar surface area (TPSA) is 78.8 Å². The molecule has 1 heterocycles. The molecule has 0 atom stereocenters. The minimum absolute atomic E-state index is 0.635. The van der Waals surface area contributed by atoms with Crippen LogP contribution in [0.15, 0.2) is 18.2 Å². The third kappa shape index (κ3) is 3.46. The third-order valence-corrected chi connectivity index (χ3v) is 3.11. The fourth-order valence-electron chi connectivity index (χ4n) is 2.08. The third-order valence-electron chi connectivity index (χ3n) is 3.11. The van der Waals surface area contributed by atoms with Gasteiger partial charge in [-0.15, -0.1) is 5.10 Å². The van der Waals surface area contributed by atoms with Crippen molar-refractivity contribution in [2.75, 3.05) is 12.8 Å². The van der Waals surface area contributed by atoms with E-state index in [0.717, 1.165) is 30.8 Å². The van der Waals surface area contributed by atoms with E-state index >= 15 is 0 Å². The van der Waals surface area contributed by atoms with Crippen LogP contribution < -0.4 is 10.5 Å². The zero-order chi connectivity index (χ0) is 14.5. The number of ether oxygens (including phenoxy) is 1. The van der Waals surface area contributed by atoms with E-state index in [0.29, 0.717) is 17.4 Å². The van der Waals surface area contributed by atoms with Gasteiger partial charge in [-0.25, -0.2) is 4.68 Å². The number of hydrogen-bond acceptors (Lipinski definition) is 5. The number of aromatic nitrogens is 4. The molecular weight excluding hydrogens is 254 g/mol. The Morgan fingerprint density at radius 1 is 1.30 bits per heavy atom. The largest absolute Gasteiger partial charge is 0.497 e. The minimum Gasteiger partial charge on any atom is -0.497 e. The van der Waals surface area contributed by atoms with Gasteiger partial charge < -0.3 is 10.5 Å². The first-order chi connectivity index (χ1) is 9.60. The van der Waals surface area contributed by atoms with Crippen LogP contribution in [0.1, 0.15) is 26.7 Å². The van der Waals surface area contributed by atoms with Crippen molar-refractivity contribution in [3.05, 3.63) is 18.2 Å². The van der Waals surface area contributed by atoms with Crippen LogP contribution in [0.3, 0.4) is 0 Å². The number of hydrogen-bond donors (Lipinski definition) is 1. The first-order valence-electron chi connectivity index (χ1n) is 6.81. The molecule has 0 radical (unpaired) electrons. The van der Waals surface area contributed by atoms with Crippen LogP contribution in [-0.2, 0) is 6.54 Å². The lowest BCUT2D eigenvalue weighted by Gasteiger charge is -2.08. The number of methoxy groups -OCH3 is 1. The number of nitrogen functional groups attached to an aromatic ring is 1. The summed E-state index contributed by atoms with van der Waals surface area (Å²) < 4.78 is 7.04. The lowest BCUT2D eigenvalue weighted by molar-refractivity contribution is 0.415. The molecule has 0 fully saturated rings. The van der Waals surface area contributed by atoms with Crippen molar-refractivity contribution in [1.29, 1.82) is 0 Å². The number of anilines is 1. The van der Waals surface area contributed by atoms with Crippen LogP contribution in [0.5, 0.6) is 5.75 Å². The molecule has 1 aromatic heterocycles. The summed E-state index contributed by atoms with van der Waals surface area (Å²) in [7, 11) is 1.62. The molecule has 108 valence electrons. The fourth-order valence-corrected chi connectivity index (χ4v) is 2.08. The van der Waals surface area contributed by atoms with E-state index in [4.69, 9.17) is 10.5 Å². The van der Waals surface area contributed by atoms with Crippen LogP contribution in [0.2, 0.25) is 0 Å². The molecule has 0 amide bonds. The Morgan fingerprint density at radius 3 is 2.80 bits per heavy atom. The van der Waals surface area contributed by atoms with Crippen molar-refractivity contribution in [1.82, 2.24) is 20.2 Å². The highest BCUT2D eigenvalue weighted by molar-refractivity contribution is 5.64. The van der Waals surface area contributed by atoms with Crippen molar-refractivity contribution >= 4 is 5.69 Å². The second-order valence-electron chi connectivity index (χ2n) is 5.26. The van der Waals surface area contributed by atoms with E-state index in [1.54, 1.807) is 13.2 Å². The standard InChI is InChI=1S/C14H21N5O/c1-10(2)5-4-6-19-14(16-17-18-19)11-7-12(15)9-13(8-11)20-3/h7-10H,4-6,15H2,1-3H3. The van der Waals surface area contributed by atoms with Crippen molar-refractivity contribution < 1.29 is 4.74 Å². The monoisotopic (exact) mass is 275 g/mol. The number of nitrogens with two attached hydrogens (primary N) is 1. The predicted octanol–water partition coefficient (Wildman–Crippen LogP) is 2.37. The summed E-state index contributed by atoms with van der Waals surface area (Å²) in [6.45, 7) is 5.23. The average Bonchev–Trinajstić information content (AvgIpc) is 2.86. The highest BCUT2D eigenvalue weighted by atomic mass is 16.5. The Balaban J connectivity index is 2.20. The number of rotatable bonds is 6. The molecule has 2 N–H and O–H groups in total. The van der Waals surface area contributed by atoms with E-state index in [1.807, 2.05) is 16.8 Å². The van der Waals surface area contributed by atoms with Gasteiger partial charge in [-0.3, -0.25) is 0 Å². The van der Waals surface area contributed by atoms with Gasteiger partial charge in [0.1, 0.15) is 5.75 Å². The highest BCUT2D eigenvalue weighted by Gasteiger charge is 2.11. The highest BCUT2D eigenvalue weighted by Crippen LogP contribution is 2.25. The molecule has 0 saturated heterocycles. The van der Waals surface area contributed by atoms with Gasteiger partial charge in [-0.1, -0.05) is 13.8 Å². The van der Waals surface area contributed by atoms with Crippen LogP contribution >= 0.6 is 0 Å². The zero-order valence-electron chi connectivity index (χ0n) is 12.2. The van der Waals surface area contributed by atoms with Gasteiger partial charge in [0.25, 0.3) is 0 Å². The number of aryl methyl sites for hydroxylation is 1. The quantitative estimate of drug-likeness (QED) is 0.819. The van der Waals surface area contributed by atoms with Crippen LogP contribution in [0.4, 0.5) is 5.69 Å². The van der Waals surface area contributed by atoms with E-state index in [9.17, 15) is 0 Å². The molecule has 0 spiro atoms. The Morgan fingerprint density at radius 2 is 2.10 bits per heavy atom. The molecule has 0 unspecified atom stereocenters. The average molecular weight is 275 g/mol. The van der Waals surface area contributed by atoms with Gasteiger partial charge in [0, 0.05) is 23.9 Å². The molecule has 0 bridgehead atoms. The van der Waals surface area contributed by atoms with Crippen molar-refractivity contribution in [3.63, 3.8) is 0 Å². The lowest BCUT2D eigenvalue weighted by Crippen LogP contribution is -2.04. The normalized spacial score (nSPS) is 11.0. The van der Waals surface area contributed by atoms with Gasteiger partial charge in [0.15, 0.2) is 5.82 Å². The summed E-state index contributed by atoms with van der Waals surface area (Å²) in [4.78, 5) is 0. The van der Waals surface area contributed by atoms with Gasteiger partial charge in [-0.2, -0.15) is 0 Å². The molecule has 2 aromatic rings. The maximum atomic E-state index is 5.87. The Kier molecular flexibility index (Phi) is 4.55. The SMILES string of the molecule is COc1cc(N)cc(-c2nnnn2CCCC(C)C)c1. The second kappa shape index (κ2) is 6.36. The molecular formula is C14H21N5O. The fraction of sp³-hybridized carbons (Fsp3) is 0.500. The smallest absolute Gasteiger partial charge is 0.182 e. The van der Waals surface area contributed by atoms with Crippen molar-refractivity contribution in [2.24, 2.45) is 5.92 Å². The molecule has 0 aliphatic rings. The maximum absolute atomic E-state index is 5.87. The van der Waals surface area contributed by atoms with Gasteiger partial charge >= 0.3 is 0 Å². The van der Waals surface area contributed by atoms with Gasteiger partial charge in [-0.05, 0) is 41.3 Å². The van der Waals surface area contributed by atoms with Gasteiger partial charge in [0.2, 0.25) is 0 Å². The Labute approximate surface area is 118 Å². The molecule has 1 aromatic carbocycles. The summed E-state index contributed by atoms with van der Waals surface area (Å²) in [6, 6.07) is 5.52. The number of tetrazole rings is 1. The van der Waals surface area contributed by atoms with E-state index < -0.39 is 0 Å². The minimum atomic E-state index is 0.635. The Hall–Kier alpha value is -2.11. The first-order valence-corrected chi connectivity index (χ1v) is 6.81. The molecule has 6 nitrogen and oxygen atoms in total. The Bertz CT molecular complexity index is 564. The molecule has 0 aliphatic heterocycles. The summed E-state index contributed by atoms with van der Waals surface area (Å²) in [6.07, 6.45) is 2.20. The summed E-state index contributed by atoms with van der Waals surface area (Å²) in [5.41, 5.74) is 7.38. The van der Waals surface area contributed by atoms with E-state index in [1.165, 1.54) is 0 Å². The van der Waals surface area contributed by atoms with Gasteiger partial charge in [0.05, 0.1) is 7.11 Å². The second-order valence-corrected chi connectivity index (χ2v) is 5.26. The summed E-state index contributed by atoms with van der Waals surface area (Å²) in [5, 5.41) is 11.9. The van der Waals surface area contributed by atoms with Crippen molar-refractivity contribution in [3.8, 4) is 17.1 Å².